The number of non-ortho nitro benzene ring substituents is 1. The number of carbonyl (C=O) groups is 5. The molecular weight excluding hydrogens is 544 g/mol. The molecule has 2 atom stereocenters. The van der Waals surface area contributed by atoms with Crippen molar-refractivity contribution in [2.24, 2.45) is 5.73 Å². The van der Waals surface area contributed by atoms with Gasteiger partial charge in [0, 0.05) is 30.8 Å². The molecule has 0 spiro atoms. The molecule has 1 aromatic carbocycles. The summed E-state index contributed by atoms with van der Waals surface area (Å²) < 4.78 is 5.10. The predicted molar refractivity (Wildman–Crippen MR) is 146 cm³/mol. The van der Waals surface area contributed by atoms with Gasteiger partial charge in [0.05, 0.1) is 11.5 Å². The summed E-state index contributed by atoms with van der Waals surface area (Å²) in [6.45, 7) is 4.44. The fourth-order valence-corrected chi connectivity index (χ4v) is 3.22. The highest BCUT2D eigenvalue weighted by atomic mass is 16.6. The van der Waals surface area contributed by atoms with Crippen LogP contribution in [0.4, 0.5) is 16.2 Å². The Bertz CT molecular complexity index is 1120. The zero-order chi connectivity index (χ0) is 31.2. The molecule has 0 saturated carbocycles. The first-order valence-corrected chi connectivity index (χ1v) is 12.5. The molecule has 0 aliphatic heterocycles. The average molecular weight is 581 g/mol. The van der Waals surface area contributed by atoms with Crippen molar-refractivity contribution in [2.45, 2.75) is 64.1 Å². The van der Waals surface area contributed by atoms with E-state index < -0.39 is 65.4 Å². The van der Waals surface area contributed by atoms with E-state index in [1.54, 1.807) is 20.8 Å². The number of aliphatic carboxylic acids is 1. The monoisotopic (exact) mass is 580 g/mol. The van der Waals surface area contributed by atoms with Gasteiger partial charge in [-0.15, -0.1) is 0 Å². The van der Waals surface area contributed by atoms with Gasteiger partial charge >= 0.3 is 12.1 Å². The quantitative estimate of drug-likeness (QED) is 0.0455. The van der Waals surface area contributed by atoms with Gasteiger partial charge < -0.3 is 42.2 Å². The third kappa shape index (κ3) is 14.7. The Balaban J connectivity index is 2.85. The molecule has 1 aromatic rings. The number of anilines is 1. The second-order valence-electron chi connectivity index (χ2n) is 9.75. The Morgan fingerprint density at radius 1 is 1.02 bits per heavy atom. The van der Waals surface area contributed by atoms with Crippen LogP contribution in [0.5, 0.6) is 0 Å². The van der Waals surface area contributed by atoms with Crippen molar-refractivity contribution in [2.75, 3.05) is 18.4 Å². The highest BCUT2D eigenvalue weighted by Gasteiger charge is 2.26. The third-order valence-corrected chi connectivity index (χ3v) is 5.06. The molecule has 41 heavy (non-hydrogen) atoms. The van der Waals surface area contributed by atoms with Gasteiger partial charge in [-0.05, 0) is 52.2 Å². The van der Waals surface area contributed by atoms with E-state index in [-0.39, 0.29) is 36.7 Å². The Morgan fingerprint density at radius 3 is 2.17 bits per heavy atom. The molecule has 0 radical (unpaired) electrons. The minimum atomic E-state index is -1.31. The number of rotatable bonds is 15. The van der Waals surface area contributed by atoms with Crippen LogP contribution < -0.4 is 32.3 Å². The molecule has 0 aliphatic carbocycles. The number of guanidine groups is 1. The number of ether oxygens (including phenoxy) is 1. The van der Waals surface area contributed by atoms with Crippen LogP contribution in [-0.4, -0.2) is 76.5 Å². The number of carbonyl (C=O) groups excluding carboxylic acids is 4. The number of nitro groups is 1. The van der Waals surface area contributed by atoms with Crippen molar-refractivity contribution in [1.82, 2.24) is 21.3 Å². The number of benzene rings is 1. The van der Waals surface area contributed by atoms with Crippen molar-refractivity contribution in [3.63, 3.8) is 0 Å². The molecule has 17 nitrogen and oxygen atoms in total. The summed E-state index contributed by atoms with van der Waals surface area (Å²) in [5.41, 5.74) is 4.43. The summed E-state index contributed by atoms with van der Waals surface area (Å²) in [4.78, 5) is 71.5. The van der Waals surface area contributed by atoms with Crippen molar-refractivity contribution in [1.29, 1.82) is 5.41 Å². The summed E-state index contributed by atoms with van der Waals surface area (Å²) >= 11 is 0. The molecule has 226 valence electrons. The van der Waals surface area contributed by atoms with Crippen molar-refractivity contribution < 1.29 is 38.7 Å². The predicted octanol–water partition coefficient (Wildman–Crippen LogP) is 0.156. The van der Waals surface area contributed by atoms with Gasteiger partial charge in [0.25, 0.3) is 5.69 Å². The summed E-state index contributed by atoms with van der Waals surface area (Å²) in [6, 6.07) is 2.62. The topological polar surface area (TPSA) is 268 Å². The number of hydrogen-bond donors (Lipinski definition) is 8. The smallest absolute Gasteiger partial charge is 0.408 e. The second-order valence-corrected chi connectivity index (χ2v) is 9.75. The van der Waals surface area contributed by atoms with Gasteiger partial charge in [0.2, 0.25) is 17.7 Å². The van der Waals surface area contributed by atoms with E-state index in [0.29, 0.717) is 6.42 Å². The second kappa shape index (κ2) is 16.2. The van der Waals surface area contributed by atoms with E-state index >= 15 is 0 Å². The molecule has 0 unspecified atom stereocenters. The summed E-state index contributed by atoms with van der Waals surface area (Å²) in [6.07, 6.45) is -1.26. The van der Waals surface area contributed by atoms with Crippen molar-refractivity contribution in [3.05, 3.63) is 34.4 Å². The largest absolute Gasteiger partial charge is 0.481 e. The molecule has 4 amide bonds. The Morgan fingerprint density at radius 2 is 1.63 bits per heavy atom. The molecule has 0 saturated heterocycles. The van der Waals surface area contributed by atoms with Crippen LogP contribution in [0.1, 0.15) is 46.5 Å². The Kier molecular flexibility index (Phi) is 13.5. The molecule has 0 bridgehead atoms. The van der Waals surface area contributed by atoms with Gasteiger partial charge in [0.1, 0.15) is 17.7 Å². The first kappa shape index (κ1) is 34.1. The minimum absolute atomic E-state index is 0.0974. The van der Waals surface area contributed by atoms with Gasteiger partial charge in [-0.25, -0.2) is 4.79 Å². The number of nitrogens with one attached hydrogen (secondary N) is 6. The summed E-state index contributed by atoms with van der Waals surface area (Å²) in [5, 5.41) is 39.2. The van der Waals surface area contributed by atoms with E-state index in [0.717, 1.165) is 0 Å². The fourth-order valence-electron chi connectivity index (χ4n) is 3.22. The lowest BCUT2D eigenvalue weighted by atomic mass is 10.1. The summed E-state index contributed by atoms with van der Waals surface area (Å²) in [5.74, 6) is -3.73. The highest BCUT2D eigenvalue weighted by molar-refractivity contribution is 5.98. The highest BCUT2D eigenvalue weighted by Crippen LogP contribution is 2.16. The van der Waals surface area contributed by atoms with Crippen LogP contribution in [0.25, 0.3) is 0 Å². The van der Waals surface area contributed by atoms with Crippen LogP contribution >= 0.6 is 0 Å². The van der Waals surface area contributed by atoms with Crippen LogP contribution in [0.15, 0.2) is 24.3 Å². The minimum Gasteiger partial charge on any atom is -0.481 e. The number of amides is 4. The first-order chi connectivity index (χ1) is 19.1. The van der Waals surface area contributed by atoms with Crippen LogP contribution in [0, 0.1) is 15.5 Å². The number of hydrogen-bond acceptors (Lipinski definition) is 9. The lowest BCUT2D eigenvalue weighted by molar-refractivity contribution is -0.384. The number of alkyl carbamates (subject to hydrolysis) is 1. The van der Waals surface area contributed by atoms with Crippen LogP contribution in [0.2, 0.25) is 0 Å². The van der Waals surface area contributed by atoms with Gasteiger partial charge in [-0.1, -0.05) is 0 Å². The Hall–Kier alpha value is -4.96. The molecule has 0 heterocycles. The van der Waals surface area contributed by atoms with Gasteiger partial charge in [-0.3, -0.25) is 34.7 Å². The van der Waals surface area contributed by atoms with Crippen LogP contribution in [0.3, 0.4) is 0 Å². The SMILES string of the molecule is CC(C)(C)OC(=O)N[C@@H](CCC(=O)O)C(=O)NCC(=O)N[C@@H](CCCNC(=N)N)C(=O)Nc1ccc([N+](=O)[O-])cc1. The summed E-state index contributed by atoms with van der Waals surface area (Å²) in [7, 11) is 0. The van der Waals surface area contributed by atoms with Gasteiger partial charge in [-0.2, -0.15) is 0 Å². The number of nitrogens with zero attached hydrogens (tertiary/aromatic N) is 1. The zero-order valence-electron chi connectivity index (χ0n) is 22.9. The Labute approximate surface area is 235 Å². The zero-order valence-corrected chi connectivity index (χ0v) is 22.9. The molecule has 0 aromatic heterocycles. The first-order valence-electron chi connectivity index (χ1n) is 12.5. The standard InChI is InChI=1S/C24H36N8O9/c1-24(2,3)41-23(38)31-17(10-11-19(34)35)20(36)28-13-18(33)30-16(5-4-12-27-22(25)26)21(37)29-14-6-8-15(9-7-14)32(39)40/h6-9,16-17H,4-5,10-13H2,1-3H3,(H,28,36)(H,29,37)(H,30,33)(H,31,38)(H,34,35)(H4,25,26,27)/t16-,17-/m0/s1. The fraction of sp³-hybridized carbons (Fsp3) is 0.500. The van der Waals surface area contributed by atoms with Gasteiger partial charge in [0.15, 0.2) is 5.96 Å². The molecular formula is C24H36N8O9. The number of nitro benzene ring substituents is 1. The van der Waals surface area contributed by atoms with E-state index in [2.05, 4.69) is 26.6 Å². The normalized spacial score (nSPS) is 12.2. The number of carboxylic acid groups (broad SMARTS) is 1. The maximum absolute atomic E-state index is 12.9. The number of carboxylic acids is 1. The van der Waals surface area contributed by atoms with E-state index in [1.807, 2.05) is 0 Å². The van der Waals surface area contributed by atoms with Crippen molar-refractivity contribution in [3.8, 4) is 0 Å². The van der Waals surface area contributed by atoms with Crippen molar-refractivity contribution >= 4 is 47.1 Å². The molecule has 0 fully saturated rings. The lowest BCUT2D eigenvalue weighted by Crippen LogP contribution is -2.52. The molecule has 0 aliphatic rings. The maximum Gasteiger partial charge on any atom is 0.408 e. The van der Waals surface area contributed by atoms with E-state index in [4.69, 9.17) is 21.0 Å². The molecule has 1 rings (SSSR count). The molecule has 17 heteroatoms. The third-order valence-electron chi connectivity index (χ3n) is 5.06. The number of nitrogens with two attached hydrogens (primary N) is 1. The molecule has 9 N–H and O–H groups in total. The lowest BCUT2D eigenvalue weighted by Gasteiger charge is -2.23. The van der Waals surface area contributed by atoms with E-state index in [1.165, 1.54) is 24.3 Å². The van der Waals surface area contributed by atoms with E-state index in [9.17, 15) is 34.1 Å². The van der Waals surface area contributed by atoms with Crippen LogP contribution in [-0.2, 0) is 23.9 Å². The average Bonchev–Trinajstić information content (AvgIpc) is 2.85. The maximum atomic E-state index is 12.9.